The van der Waals surface area contributed by atoms with Crippen LogP contribution < -0.4 is 5.32 Å². The van der Waals surface area contributed by atoms with Gasteiger partial charge in [-0.15, -0.1) is 0 Å². The molecule has 1 aliphatic rings. The summed E-state index contributed by atoms with van der Waals surface area (Å²) in [5, 5.41) is 4.51. The van der Waals surface area contributed by atoms with E-state index in [1.165, 1.54) is 25.0 Å². The van der Waals surface area contributed by atoms with Crippen LogP contribution in [0, 0.1) is 5.82 Å². The predicted octanol–water partition coefficient (Wildman–Crippen LogP) is 4.34. The second-order valence-corrected chi connectivity index (χ2v) is 5.09. The number of anilines is 1. The number of halogens is 2. The van der Waals surface area contributed by atoms with Gasteiger partial charge in [-0.3, -0.25) is 4.98 Å². The van der Waals surface area contributed by atoms with E-state index in [4.69, 9.17) is 11.6 Å². The van der Waals surface area contributed by atoms with Crippen LogP contribution in [0.15, 0.2) is 18.2 Å². The van der Waals surface area contributed by atoms with Gasteiger partial charge in [0.15, 0.2) is 0 Å². The smallest absolute Gasteiger partial charge is 0.126 e. The number of nitrogens with zero attached hydrogens (tertiary/aromatic N) is 1. The van der Waals surface area contributed by atoms with Gasteiger partial charge < -0.3 is 5.32 Å². The van der Waals surface area contributed by atoms with Crippen molar-refractivity contribution >= 4 is 28.2 Å². The van der Waals surface area contributed by atoms with Crippen LogP contribution in [-0.2, 0) is 0 Å². The zero-order valence-electron chi connectivity index (χ0n) is 10.1. The van der Waals surface area contributed by atoms with Gasteiger partial charge in [-0.1, -0.05) is 11.6 Å². The van der Waals surface area contributed by atoms with Crippen molar-refractivity contribution in [3.63, 3.8) is 0 Å². The van der Waals surface area contributed by atoms with Gasteiger partial charge in [-0.2, -0.15) is 0 Å². The molecule has 1 heterocycles. The molecule has 0 atom stereocenters. The summed E-state index contributed by atoms with van der Waals surface area (Å²) in [6, 6.07) is 4.84. The Morgan fingerprint density at radius 2 is 2.17 bits per heavy atom. The van der Waals surface area contributed by atoms with Crippen LogP contribution in [0.4, 0.5) is 10.1 Å². The van der Waals surface area contributed by atoms with Gasteiger partial charge in [0.25, 0.3) is 0 Å². The van der Waals surface area contributed by atoms with Crippen molar-refractivity contribution in [1.29, 1.82) is 0 Å². The number of nitrogens with one attached hydrogen (secondary N) is 1. The lowest BCUT2D eigenvalue weighted by molar-refractivity contribution is 0.629. The maximum absolute atomic E-state index is 13.4. The molecule has 2 nitrogen and oxygen atoms in total. The van der Waals surface area contributed by atoms with Crippen LogP contribution in [0.1, 0.15) is 31.4 Å². The first-order valence-electron chi connectivity index (χ1n) is 6.22. The molecule has 2 aromatic rings. The van der Waals surface area contributed by atoms with E-state index < -0.39 is 0 Å². The average Bonchev–Trinajstić information content (AvgIpc) is 3.11. The van der Waals surface area contributed by atoms with Gasteiger partial charge in [0.2, 0.25) is 0 Å². The summed E-state index contributed by atoms with van der Waals surface area (Å²) in [5.74, 6) is 0.198. The Labute approximate surface area is 110 Å². The molecule has 18 heavy (non-hydrogen) atoms. The quantitative estimate of drug-likeness (QED) is 0.892. The second kappa shape index (κ2) is 4.39. The molecule has 4 heteroatoms. The first kappa shape index (κ1) is 11.7. The third-order valence-corrected chi connectivity index (χ3v) is 3.51. The Morgan fingerprint density at radius 1 is 1.39 bits per heavy atom. The largest absolute Gasteiger partial charge is 0.385 e. The lowest BCUT2D eigenvalue weighted by Gasteiger charge is -2.11. The van der Waals surface area contributed by atoms with Crippen molar-refractivity contribution in [2.75, 3.05) is 11.9 Å². The molecule has 1 aliphatic carbocycles. The van der Waals surface area contributed by atoms with E-state index in [-0.39, 0.29) is 5.82 Å². The van der Waals surface area contributed by atoms with Gasteiger partial charge in [-0.25, -0.2) is 4.39 Å². The number of benzene rings is 1. The van der Waals surface area contributed by atoms with Crippen LogP contribution in [0.25, 0.3) is 10.9 Å². The van der Waals surface area contributed by atoms with Gasteiger partial charge in [0.05, 0.1) is 10.5 Å². The van der Waals surface area contributed by atoms with E-state index in [2.05, 4.69) is 10.3 Å². The second-order valence-electron chi connectivity index (χ2n) is 4.68. The van der Waals surface area contributed by atoms with E-state index in [1.54, 1.807) is 0 Å². The SMILES string of the molecule is CCNc1cc(C2CC2)nc2cc(F)cc(Cl)c12. The number of hydrogen-bond acceptors (Lipinski definition) is 2. The Bertz CT molecular complexity index is 608. The molecule has 1 fully saturated rings. The normalized spacial score (nSPS) is 15.1. The van der Waals surface area contributed by atoms with Crippen LogP contribution in [0.2, 0.25) is 5.02 Å². The first-order valence-corrected chi connectivity index (χ1v) is 6.60. The molecule has 0 bridgehead atoms. The summed E-state index contributed by atoms with van der Waals surface area (Å²) < 4.78 is 13.4. The van der Waals surface area contributed by atoms with Gasteiger partial charge in [0, 0.05) is 35.3 Å². The Balaban J connectivity index is 2.26. The Kier molecular flexibility index (Phi) is 2.86. The number of pyridine rings is 1. The molecule has 0 amide bonds. The monoisotopic (exact) mass is 264 g/mol. The highest BCUT2D eigenvalue weighted by Gasteiger charge is 2.26. The predicted molar refractivity (Wildman–Crippen MR) is 72.8 cm³/mol. The summed E-state index contributed by atoms with van der Waals surface area (Å²) in [4.78, 5) is 4.54. The first-order chi connectivity index (χ1) is 8.69. The van der Waals surface area contributed by atoms with Crippen molar-refractivity contribution in [1.82, 2.24) is 4.98 Å². The van der Waals surface area contributed by atoms with Crippen molar-refractivity contribution in [2.24, 2.45) is 0 Å². The minimum Gasteiger partial charge on any atom is -0.385 e. The molecular weight excluding hydrogens is 251 g/mol. The lowest BCUT2D eigenvalue weighted by atomic mass is 10.1. The molecule has 3 rings (SSSR count). The van der Waals surface area contributed by atoms with Gasteiger partial charge in [-0.05, 0) is 31.9 Å². The van der Waals surface area contributed by atoms with Crippen molar-refractivity contribution in [3.05, 3.63) is 34.7 Å². The van der Waals surface area contributed by atoms with Crippen LogP contribution in [0.3, 0.4) is 0 Å². The summed E-state index contributed by atoms with van der Waals surface area (Å²) in [7, 11) is 0. The molecule has 1 aromatic heterocycles. The van der Waals surface area contributed by atoms with E-state index in [1.807, 2.05) is 13.0 Å². The molecule has 0 radical (unpaired) electrons. The maximum atomic E-state index is 13.4. The third kappa shape index (κ3) is 2.03. The minimum absolute atomic E-state index is 0.338. The summed E-state index contributed by atoms with van der Waals surface area (Å²) in [5.41, 5.74) is 2.63. The maximum Gasteiger partial charge on any atom is 0.126 e. The van der Waals surface area contributed by atoms with E-state index in [9.17, 15) is 4.39 Å². The van der Waals surface area contributed by atoms with E-state index in [0.29, 0.717) is 16.5 Å². The van der Waals surface area contributed by atoms with E-state index in [0.717, 1.165) is 23.3 Å². The molecule has 94 valence electrons. The highest BCUT2D eigenvalue weighted by atomic mass is 35.5. The fraction of sp³-hybridized carbons (Fsp3) is 0.357. The number of rotatable bonds is 3. The molecule has 0 aliphatic heterocycles. The lowest BCUT2D eigenvalue weighted by Crippen LogP contribution is -2.01. The van der Waals surface area contributed by atoms with Gasteiger partial charge >= 0.3 is 0 Å². The average molecular weight is 265 g/mol. The molecule has 0 spiro atoms. The summed E-state index contributed by atoms with van der Waals surface area (Å²) in [6.45, 7) is 2.83. The summed E-state index contributed by atoms with van der Waals surface area (Å²) >= 11 is 6.13. The van der Waals surface area contributed by atoms with Crippen LogP contribution in [-0.4, -0.2) is 11.5 Å². The highest BCUT2D eigenvalue weighted by molar-refractivity contribution is 6.36. The van der Waals surface area contributed by atoms with Gasteiger partial charge in [0.1, 0.15) is 5.82 Å². The van der Waals surface area contributed by atoms with Crippen LogP contribution >= 0.6 is 11.6 Å². The van der Waals surface area contributed by atoms with Crippen molar-refractivity contribution in [2.45, 2.75) is 25.7 Å². The minimum atomic E-state index is -0.338. The van der Waals surface area contributed by atoms with Crippen molar-refractivity contribution in [3.8, 4) is 0 Å². The standard InChI is InChI=1S/C14H14ClFN2/c1-2-17-12-7-11(8-3-4-8)18-13-6-9(16)5-10(15)14(12)13/h5-8H,2-4H2,1H3,(H,17,18). The van der Waals surface area contributed by atoms with Crippen molar-refractivity contribution < 1.29 is 4.39 Å². The fourth-order valence-corrected chi connectivity index (χ4v) is 2.53. The number of fused-ring (bicyclic) bond motifs is 1. The van der Waals surface area contributed by atoms with Crippen LogP contribution in [0.5, 0.6) is 0 Å². The van der Waals surface area contributed by atoms with E-state index >= 15 is 0 Å². The molecule has 1 aromatic carbocycles. The zero-order chi connectivity index (χ0) is 12.7. The third-order valence-electron chi connectivity index (χ3n) is 3.21. The molecular formula is C14H14ClFN2. The Hall–Kier alpha value is -1.35. The zero-order valence-corrected chi connectivity index (χ0v) is 10.9. The number of hydrogen-bond donors (Lipinski definition) is 1. The molecule has 1 saturated carbocycles. The molecule has 0 unspecified atom stereocenters. The summed E-state index contributed by atoms with van der Waals surface area (Å²) in [6.07, 6.45) is 2.35. The number of aromatic nitrogens is 1. The molecule has 0 saturated heterocycles. The topological polar surface area (TPSA) is 24.9 Å². The molecule has 1 N–H and O–H groups in total. The Morgan fingerprint density at radius 3 is 2.83 bits per heavy atom. The fourth-order valence-electron chi connectivity index (χ4n) is 2.22. The highest BCUT2D eigenvalue weighted by Crippen LogP contribution is 2.42.